The molecule has 0 bridgehead atoms. The van der Waals surface area contributed by atoms with Crippen LogP contribution in [0, 0.1) is 23.2 Å². The van der Waals surface area contributed by atoms with Crippen molar-refractivity contribution in [2.75, 3.05) is 6.54 Å². The Kier molecular flexibility index (Phi) is 4.89. The van der Waals surface area contributed by atoms with E-state index in [1.54, 1.807) is 0 Å². The molecule has 2 aliphatic carbocycles. The Morgan fingerprint density at radius 3 is 2.81 bits per heavy atom. The van der Waals surface area contributed by atoms with Crippen LogP contribution in [-0.4, -0.2) is 29.8 Å². The number of benzene rings is 1. The third-order valence-corrected chi connectivity index (χ3v) is 7.51. The number of aliphatic hydroxyl groups is 1. The van der Waals surface area contributed by atoms with E-state index in [1.165, 1.54) is 11.1 Å². The van der Waals surface area contributed by atoms with Gasteiger partial charge in [-0.2, -0.15) is 0 Å². The van der Waals surface area contributed by atoms with Gasteiger partial charge in [-0.3, -0.25) is 4.79 Å². The molecule has 2 fully saturated rings. The van der Waals surface area contributed by atoms with Gasteiger partial charge in [-0.15, -0.1) is 0 Å². The van der Waals surface area contributed by atoms with Crippen molar-refractivity contribution >= 4 is 5.97 Å². The predicted molar refractivity (Wildman–Crippen MR) is 105 cm³/mol. The van der Waals surface area contributed by atoms with Crippen LogP contribution >= 0.6 is 0 Å². The number of nitrogens with one attached hydrogen (secondary N) is 1. The van der Waals surface area contributed by atoms with Gasteiger partial charge in [0.05, 0.1) is 12.0 Å². The van der Waals surface area contributed by atoms with E-state index in [-0.39, 0.29) is 35.4 Å². The Hall–Kier alpha value is -1.65. The Morgan fingerprint density at radius 2 is 2.07 bits per heavy atom. The van der Waals surface area contributed by atoms with E-state index in [9.17, 15) is 9.90 Å². The van der Waals surface area contributed by atoms with Crippen molar-refractivity contribution in [2.24, 2.45) is 23.2 Å². The number of aliphatic hydroxyl groups excluding tert-OH is 1. The fraction of sp³-hybridized carbons (Fsp3) is 0.609. The molecule has 4 heteroatoms. The van der Waals surface area contributed by atoms with Crippen LogP contribution in [0.2, 0.25) is 0 Å². The Bertz CT molecular complexity index is 730. The first kappa shape index (κ1) is 18.7. The number of allylic oxidation sites excluding steroid dienone is 1. The van der Waals surface area contributed by atoms with Crippen LogP contribution < -0.4 is 5.32 Å². The molecule has 3 aliphatic rings. The molecule has 7 atom stereocenters. The topological polar surface area (TPSA) is 58.6 Å². The van der Waals surface area contributed by atoms with Crippen molar-refractivity contribution in [3.05, 3.63) is 47.5 Å². The molecule has 0 amide bonds. The van der Waals surface area contributed by atoms with Crippen LogP contribution in [0.15, 0.2) is 42.0 Å². The summed E-state index contributed by atoms with van der Waals surface area (Å²) < 4.78 is 5.74. The molecule has 0 unspecified atom stereocenters. The zero-order chi connectivity index (χ0) is 19.2. The van der Waals surface area contributed by atoms with Crippen molar-refractivity contribution < 1.29 is 14.6 Å². The van der Waals surface area contributed by atoms with E-state index in [0.29, 0.717) is 12.5 Å². The summed E-state index contributed by atoms with van der Waals surface area (Å²) in [5.74, 6) is -0.160. The van der Waals surface area contributed by atoms with Crippen LogP contribution in [0.5, 0.6) is 0 Å². The van der Waals surface area contributed by atoms with Gasteiger partial charge in [0.1, 0.15) is 6.10 Å². The van der Waals surface area contributed by atoms with Crippen molar-refractivity contribution in [3.8, 4) is 0 Å². The first-order valence-electron chi connectivity index (χ1n) is 10.3. The lowest BCUT2D eigenvalue weighted by Gasteiger charge is -2.51. The average molecular weight is 370 g/mol. The van der Waals surface area contributed by atoms with E-state index >= 15 is 0 Å². The molecule has 146 valence electrons. The molecule has 1 aromatic carbocycles. The highest BCUT2D eigenvalue weighted by Gasteiger charge is 2.59. The van der Waals surface area contributed by atoms with Gasteiger partial charge in [-0.1, -0.05) is 55.8 Å². The molecule has 4 rings (SSSR count). The van der Waals surface area contributed by atoms with Crippen LogP contribution in [0.1, 0.15) is 51.6 Å². The minimum Gasteiger partial charge on any atom is -0.461 e. The molecule has 4 nitrogen and oxygen atoms in total. The summed E-state index contributed by atoms with van der Waals surface area (Å²) >= 11 is 0. The standard InChI is InChI=1S/C23H31NO3/c1-14-8-7-11-17-12-19-20(21(25)23(14,17)3)18(22(26)27-19)13-24-15(2)16-9-5-4-6-10-16/h4-6,9-11,14-15,18-21,24-25H,7-8,12-13H2,1-3H3/t14-,15+,18+,19-,20-,21-,23-/m1/s1. The molecule has 27 heavy (non-hydrogen) atoms. The van der Waals surface area contributed by atoms with E-state index in [4.69, 9.17) is 4.74 Å². The quantitative estimate of drug-likeness (QED) is 0.629. The van der Waals surface area contributed by atoms with E-state index in [0.717, 1.165) is 19.3 Å². The third-order valence-electron chi connectivity index (χ3n) is 7.51. The lowest BCUT2D eigenvalue weighted by molar-refractivity contribution is -0.144. The van der Waals surface area contributed by atoms with Crippen LogP contribution in [0.4, 0.5) is 0 Å². The van der Waals surface area contributed by atoms with Crippen molar-refractivity contribution in [3.63, 3.8) is 0 Å². The number of carbonyl (C=O) groups is 1. The highest BCUT2D eigenvalue weighted by molar-refractivity contribution is 5.76. The third kappa shape index (κ3) is 3.03. The number of esters is 1. The van der Waals surface area contributed by atoms with Gasteiger partial charge >= 0.3 is 5.97 Å². The Labute approximate surface area is 162 Å². The molecule has 1 saturated carbocycles. The van der Waals surface area contributed by atoms with E-state index in [1.807, 2.05) is 18.2 Å². The summed E-state index contributed by atoms with van der Waals surface area (Å²) in [6.07, 6.45) is 4.48. The highest BCUT2D eigenvalue weighted by atomic mass is 16.6. The summed E-state index contributed by atoms with van der Waals surface area (Å²) in [7, 11) is 0. The zero-order valence-electron chi connectivity index (χ0n) is 16.5. The smallest absolute Gasteiger partial charge is 0.311 e. The summed E-state index contributed by atoms with van der Waals surface area (Å²) in [6, 6.07) is 10.4. The summed E-state index contributed by atoms with van der Waals surface area (Å²) in [4.78, 5) is 12.6. The number of hydrogen-bond donors (Lipinski definition) is 2. The van der Waals surface area contributed by atoms with Crippen LogP contribution in [-0.2, 0) is 9.53 Å². The maximum Gasteiger partial charge on any atom is 0.311 e. The van der Waals surface area contributed by atoms with Gasteiger partial charge in [0.2, 0.25) is 0 Å². The minimum absolute atomic E-state index is 0.129. The highest BCUT2D eigenvalue weighted by Crippen LogP contribution is 2.55. The number of rotatable bonds is 4. The lowest BCUT2D eigenvalue weighted by atomic mass is 9.55. The van der Waals surface area contributed by atoms with Gasteiger partial charge in [-0.05, 0) is 31.2 Å². The first-order chi connectivity index (χ1) is 12.9. The molecule has 1 aromatic rings. The molecule has 1 aliphatic heterocycles. The number of fused-ring (bicyclic) bond motifs is 2. The van der Waals surface area contributed by atoms with Gasteiger partial charge < -0.3 is 15.2 Å². The van der Waals surface area contributed by atoms with Crippen molar-refractivity contribution in [1.29, 1.82) is 0 Å². The molecule has 0 radical (unpaired) electrons. The number of carbonyl (C=O) groups excluding carboxylic acids is 1. The molecule has 1 saturated heterocycles. The fourth-order valence-electron chi connectivity index (χ4n) is 5.46. The second kappa shape index (κ2) is 7.06. The van der Waals surface area contributed by atoms with E-state index < -0.39 is 6.10 Å². The Morgan fingerprint density at radius 1 is 1.33 bits per heavy atom. The Balaban J connectivity index is 1.52. The molecule has 2 N–H and O–H groups in total. The summed E-state index contributed by atoms with van der Waals surface area (Å²) in [5.41, 5.74) is 2.24. The maximum atomic E-state index is 12.6. The first-order valence-corrected chi connectivity index (χ1v) is 10.3. The van der Waals surface area contributed by atoms with Gasteiger partial charge in [0.25, 0.3) is 0 Å². The van der Waals surface area contributed by atoms with Crippen molar-refractivity contribution in [1.82, 2.24) is 5.32 Å². The van der Waals surface area contributed by atoms with Gasteiger partial charge in [0, 0.05) is 30.3 Å². The molecule has 0 spiro atoms. The van der Waals surface area contributed by atoms with Crippen molar-refractivity contribution in [2.45, 2.75) is 58.3 Å². The summed E-state index contributed by atoms with van der Waals surface area (Å²) in [5, 5.41) is 14.9. The molecular weight excluding hydrogens is 338 g/mol. The molecular formula is C23H31NO3. The maximum absolute atomic E-state index is 12.6. The average Bonchev–Trinajstić information content (AvgIpc) is 2.98. The second-order valence-corrected chi connectivity index (χ2v) is 8.84. The number of ether oxygens (including phenoxy) is 1. The largest absolute Gasteiger partial charge is 0.461 e. The van der Waals surface area contributed by atoms with Gasteiger partial charge in [0.15, 0.2) is 0 Å². The van der Waals surface area contributed by atoms with Crippen LogP contribution in [0.3, 0.4) is 0 Å². The van der Waals surface area contributed by atoms with Gasteiger partial charge in [-0.25, -0.2) is 0 Å². The molecule has 0 aromatic heterocycles. The fourth-order valence-corrected chi connectivity index (χ4v) is 5.46. The zero-order valence-corrected chi connectivity index (χ0v) is 16.5. The SMILES string of the molecule is C[C@H](NC[C@@H]1C(=O)O[C@@H]2CC3=CCC[C@@H](C)[C@@]3(C)[C@H](O)[C@H]12)c1ccccc1. The second-order valence-electron chi connectivity index (χ2n) is 8.84. The monoisotopic (exact) mass is 369 g/mol. The summed E-state index contributed by atoms with van der Waals surface area (Å²) in [6.45, 7) is 7.06. The lowest BCUT2D eigenvalue weighted by Crippen LogP contribution is -2.54. The predicted octanol–water partition coefficient (Wildman–Crippen LogP) is 3.62. The van der Waals surface area contributed by atoms with Crippen LogP contribution in [0.25, 0.3) is 0 Å². The molecule has 1 heterocycles. The number of hydrogen-bond acceptors (Lipinski definition) is 4. The minimum atomic E-state index is -0.539. The van der Waals surface area contributed by atoms with E-state index in [2.05, 4.69) is 44.3 Å². The normalized spacial score (nSPS) is 39.2.